The third-order valence-corrected chi connectivity index (χ3v) is 4.57. The summed E-state index contributed by atoms with van der Waals surface area (Å²) in [6.07, 6.45) is 0.924. The molecule has 0 unspecified atom stereocenters. The number of ether oxygens (including phenoxy) is 1. The third kappa shape index (κ3) is 2.33. The largest absolute Gasteiger partial charge is 0.457 e. The molecule has 0 aromatic heterocycles. The van der Waals surface area contributed by atoms with E-state index in [1.807, 2.05) is 12.1 Å². The first-order chi connectivity index (χ1) is 10.3. The quantitative estimate of drug-likeness (QED) is 0.385. The van der Waals surface area contributed by atoms with Crippen LogP contribution in [0.4, 0.5) is 0 Å². The van der Waals surface area contributed by atoms with Gasteiger partial charge in [-0.1, -0.05) is 42.5 Å². The SMILES string of the molecule is Ic1ccc(-c2cccc3c2Cc2ccccc2O3)cc1. The van der Waals surface area contributed by atoms with Crippen molar-refractivity contribution in [3.63, 3.8) is 0 Å². The maximum Gasteiger partial charge on any atom is 0.131 e. The van der Waals surface area contributed by atoms with Crippen LogP contribution in [0.3, 0.4) is 0 Å². The van der Waals surface area contributed by atoms with Crippen LogP contribution in [0.25, 0.3) is 11.1 Å². The van der Waals surface area contributed by atoms with E-state index in [-0.39, 0.29) is 0 Å². The van der Waals surface area contributed by atoms with Crippen molar-refractivity contribution < 1.29 is 4.74 Å². The summed E-state index contributed by atoms with van der Waals surface area (Å²) in [4.78, 5) is 0. The first-order valence-electron chi connectivity index (χ1n) is 6.95. The van der Waals surface area contributed by atoms with Gasteiger partial charge in [-0.15, -0.1) is 0 Å². The summed E-state index contributed by atoms with van der Waals surface area (Å²) >= 11 is 2.33. The Labute approximate surface area is 137 Å². The Morgan fingerprint density at radius 2 is 1.52 bits per heavy atom. The predicted octanol–water partition coefficient (Wildman–Crippen LogP) is 5.65. The van der Waals surface area contributed by atoms with E-state index in [9.17, 15) is 0 Å². The van der Waals surface area contributed by atoms with Crippen LogP contribution in [0.15, 0.2) is 66.7 Å². The Balaban J connectivity index is 1.84. The summed E-state index contributed by atoms with van der Waals surface area (Å²) in [6, 6.07) is 23.2. The minimum Gasteiger partial charge on any atom is -0.457 e. The third-order valence-electron chi connectivity index (χ3n) is 3.85. The fourth-order valence-electron chi connectivity index (χ4n) is 2.80. The molecule has 21 heavy (non-hydrogen) atoms. The van der Waals surface area contributed by atoms with Gasteiger partial charge in [0, 0.05) is 15.6 Å². The second-order valence-electron chi connectivity index (χ2n) is 5.18. The van der Waals surface area contributed by atoms with E-state index >= 15 is 0 Å². The summed E-state index contributed by atoms with van der Waals surface area (Å²) in [6.45, 7) is 0. The zero-order valence-electron chi connectivity index (χ0n) is 11.3. The van der Waals surface area contributed by atoms with E-state index in [0.29, 0.717) is 0 Å². The molecule has 1 aliphatic heterocycles. The standard InChI is InChI=1S/C19H13IO/c20-15-10-8-13(9-11-15)16-5-3-7-19-17(16)12-14-4-1-2-6-18(14)21-19/h1-11H,12H2. The maximum atomic E-state index is 6.06. The maximum absolute atomic E-state index is 6.06. The number of rotatable bonds is 1. The molecule has 1 aliphatic rings. The summed E-state index contributed by atoms with van der Waals surface area (Å²) < 4.78 is 7.31. The number of fused-ring (bicyclic) bond motifs is 2. The Bertz CT molecular complexity index is 806. The predicted molar refractivity (Wildman–Crippen MR) is 93.9 cm³/mol. The molecule has 0 amide bonds. The Morgan fingerprint density at radius 1 is 0.762 bits per heavy atom. The summed E-state index contributed by atoms with van der Waals surface area (Å²) in [5.41, 5.74) is 5.04. The molecule has 0 radical (unpaired) electrons. The minimum atomic E-state index is 0.924. The minimum absolute atomic E-state index is 0.924. The summed E-state index contributed by atoms with van der Waals surface area (Å²) in [5.74, 6) is 1.95. The van der Waals surface area contributed by atoms with Gasteiger partial charge in [-0.2, -0.15) is 0 Å². The highest BCUT2D eigenvalue weighted by Crippen LogP contribution is 2.41. The van der Waals surface area contributed by atoms with Crippen molar-refractivity contribution in [3.8, 4) is 22.6 Å². The van der Waals surface area contributed by atoms with Crippen molar-refractivity contribution >= 4 is 22.6 Å². The first kappa shape index (κ1) is 12.9. The molecular formula is C19H13IO. The van der Waals surface area contributed by atoms with Gasteiger partial charge < -0.3 is 4.74 Å². The molecule has 0 saturated carbocycles. The summed E-state index contributed by atoms with van der Waals surface area (Å²) in [5, 5.41) is 0. The van der Waals surface area contributed by atoms with Crippen molar-refractivity contribution in [2.24, 2.45) is 0 Å². The van der Waals surface area contributed by atoms with Gasteiger partial charge in [0.25, 0.3) is 0 Å². The van der Waals surface area contributed by atoms with Crippen LogP contribution in [0.2, 0.25) is 0 Å². The fourth-order valence-corrected chi connectivity index (χ4v) is 3.16. The summed E-state index contributed by atoms with van der Waals surface area (Å²) in [7, 11) is 0. The average Bonchev–Trinajstić information content (AvgIpc) is 2.53. The van der Waals surface area contributed by atoms with E-state index in [1.54, 1.807) is 0 Å². The second kappa shape index (κ2) is 5.19. The van der Waals surface area contributed by atoms with Crippen LogP contribution >= 0.6 is 22.6 Å². The van der Waals surface area contributed by atoms with E-state index in [4.69, 9.17) is 4.74 Å². The van der Waals surface area contributed by atoms with Crippen LogP contribution < -0.4 is 4.74 Å². The molecule has 0 spiro atoms. The van der Waals surface area contributed by atoms with Gasteiger partial charge in [0.1, 0.15) is 11.5 Å². The van der Waals surface area contributed by atoms with Gasteiger partial charge in [-0.05, 0) is 63.5 Å². The molecule has 0 atom stereocenters. The second-order valence-corrected chi connectivity index (χ2v) is 6.42. The highest BCUT2D eigenvalue weighted by atomic mass is 127. The molecule has 1 heterocycles. The lowest BCUT2D eigenvalue weighted by atomic mass is 9.92. The Hall–Kier alpha value is -1.81. The van der Waals surface area contributed by atoms with Crippen molar-refractivity contribution in [3.05, 3.63) is 81.4 Å². The van der Waals surface area contributed by atoms with Gasteiger partial charge in [0.15, 0.2) is 0 Å². The van der Waals surface area contributed by atoms with Crippen molar-refractivity contribution in [1.82, 2.24) is 0 Å². The van der Waals surface area contributed by atoms with Gasteiger partial charge in [-0.25, -0.2) is 0 Å². The molecule has 0 bridgehead atoms. The van der Waals surface area contributed by atoms with E-state index < -0.39 is 0 Å². The molecule has 2 heteroatoms. The normalized spacial score (nSPS) is 12.2. The lowest BCUT2D eigenvalue weighted by Gasteiger charge is -2.22. The van der Waals surface area contributed by atoms with Crippen molar-refractivity contribution in [2.75, 3.05) is 0 Å². The van der Waals surface area contributed by atoms with Gasteiger partial charge in [0.2, 0.25) is 0 Å². The van der Waals surface area contributed by atoms with Crippen LogP contribution in [-0.2, 0) is 6.42 Å². The molecular weight excluding hydrogens is 371 g/mol. The van der Waals surface area contributed by atoms with Crippen molar-refractivity contribution in [1.29, 1.82) is 0 Å². The zero-order chi connectivity index (χ0) is 14.2. The number of halogens is 1. The Morgan fingerprint density at radius 3 is 2.38 bits per heavy atom. The number of hydrogen-bond donors (Lipinski definition) is 0. The van der Waals surface area contributed by atoms with Gasteiger partial charge in [0.05, 0.1) is 0 Å². The average molecular weight is 384 g/mol. The molecule has 0 aliphatic carbocycles. The highest BCUT2D eigenvalue weighted by Gasteiger charge is 2.19. The van der Waals surface area contributed by atoms with E-state index in [0.717, 1.165) is 17.9 Å². The van der Waals surface area contributed by atoms with Crippen LogP contribution in [0.1, 0.15) is 11.1 Å². The monoisotopic (exact) mass is 384 g/mol. The molecule has 1 nitrogen and oxygen atoms in total. The van der Waals surface area contributed by atoms with Crippen LogP contribution in [0, 0.1) is 3.57 Å². The van der Waals surface area contributed by atoms with Crippen LogP contribution in [0.5, 0.6) is 11.5 Å². The van der Waals surface area contributed by atoms with Crippen LogP contribution in [-0.4, -0.2) is 0 Å². The molecule has 0 N–H and O–H groups in total. The lowest BCUT2D eigenvalue weighted by Crippen LogP contribution is -2.04. The Kier molecular flexibility index (Phi) is 3.19. The molecule has 3 aromatic carbocycles. The molecule has 0 fully saturated rings. The van der Waals surface area contributed by atoms with Crippen molar-refractivity contribution in [2.45, 2.75) is 6.42 Å². The lowest BCUT2D eigenvalue weighted by molar-refractivity contribution is 0.460. The van der Waals surface area contributed by atoms with Gasteiger partial charge in [-0.3, -0.25) is 0 Å². The molecule has 4 rings (SSSR count). The highest BCUT2D eigenvalue weighted by molar-refractivity contribution is 14.1. The molecule has 3 aromatic rings. The number of benzene rings is 3. The molecule has 102 valence electrons. The first-order valence-corrected chi connectivity index (χ1v) is 8.03. The smallest absolute Gasteiger partial charge is 0.131 e. The van der Waals surface area contributed by atoms with E-state index in [2.05, 4.69) is 77.2 Å². The number of hydrogen-bond acceptors (Lipinski definition) is 1. The fraction of sp³-hybridized carbons (Fsp3) is 0.0526. The number of para-hydroxylation sites is 1. The van der Waals surface area contributed by atoms with Gasteiger partial charge >= 0.3 is 0 Å². The zero-order valence-corrected chi connectivity index (χ0v) is 13.5. The molecule has 0 saturated heterocycles. The topological polar surface area (TPSA) is 9.23 Å². The van der Waals surface area contributed by atoms with E-state index in [1.165, 1.54) is 25.8 Å².